The van der Waals surface area contributed by atoms with Gasteiger partial charge in [0.1, 0.15) is 11.6 Å². The minimum Gasteiger partial charge on any atom is -0.484 e. The molecular weight excluding hydrogens is 235 g/mol. The van der Waals surface area contributed by atoms with Gasteiger partial charge in [0.2, 0.25) is 0 Å². The Morgan fingerprint density at radius 1 is 1.39 bits per heavy atom. The molecule has 0 aliphatic heterocycles. The summed E-state index contributed by atoms with van der Waals surface area (Å²) in [6, 6.07) is 4.45. The minimum atomic E-state index is -0.363. The van der Waals surface area contributed by atoms with Crippen LogP contribution in [0.15, 0.2) is 18.2 Å². The lowest BCUT2D eigenvalue weighted by Gasteiger charge is -2.12. The molecule has 0 unspecified atom stereocenters. The van der Waals surface area contributed by atoms with Crippen molar-refractivity contribution in [1.29, 1.82) is 0 Å². The van der Waals surface area contributed by atoms with Crippen LogP contribution in [0.5, 0.6) is 5.75 Å². The average Bonchev–Trinajstić information content (AvgIpc) is 2.32. The molecular formula is C13H19FN2O2. The fourth-order valence-corrected chi connectivity index (χ4v) is 1.35. The first-order valence-electron chi connectivity index (χ1n) is 5.86. The number of carbonyl (C=O) groups is 1. The molecule has 4 nitrogen and oxygen atoms in total. The van der Waals surface area contributed by atoms with Crippen LogP contribution < -0.4 is 10.1 Å². The zero-order valence-corrected chi connectivity index (χ0v) is 11.0. The van der Waals surface area contributed by atoms with Crippen LogP contribution in [0.3, 0.4) is 0 Å². The highest BCUT2D eigenvalue weighted by atomic mass is 19.1. The van der Waals surface area contributed by atoms with Gasteiger partial charge in [-0.2, -0.15) is 0 Å². The molecule has 0 aliphatic rings. The molecule has 1 N–H and O–H groups in total. The van der Waals surface area contributed by atoms with E-state index in [0.29, 0.717) is 12.3 Å². The number of hydrogen-bond acceptors (Lipinski definition) is 3. The molecule has 0 saturated carbocycles. The monoisotopic (exact) mass is 254 g/mol. The lowest BCUT2D eigenvalue weighted by atomic mass is 10.2. The standard InChI is InChI=1S/C13H19FN2O2/c1-4-15-8-10-5-11(14)7-12(6-10)18-9-13(17)16(2)3/h5-7,15H,4,8-9H2,1-3H3. The van der Waals surface area contributed by atoms with Crippen molar-refractivity contribution >= 4 is 5.91 Å². The van der Waals surface area contributed by atoms with E-state index in [4.69, 9.17) is 4.74 Å². The average molecular weight is 254 g/mol. The molecule has 1 amide bonds. The normalized spacial score (nSPS) is 10.2. The second-order valence-corrected chi connectivity index (χ2v) is 4.15. The van der Waals surface area contributed by atoms with Gasteiger partial charge >= 0.3 is 0 Å². The van der Waals surface area contributed by atoms with Crippen LogP contribution in [-0.4, -0.2) is 38.1 Å². The zero-order valence-electron chi connectivity index (χ0n) is 11.0. The van der Waals surface area contributed by atoms with Crippen LogP contribution in [0.1, 0.15) is 12.5 Å². The second-order valence-electron chi connectivity index (χ2n) is 4.15. The largest absolute Gasteiger partial charge is 0.484 e. The number of nitrogens with one attached hydrogen (secondary N) is 1. The number of amides is 1. The maximum atomic E-state index is 13.3. The maximum absolute atomic E-state index is 13.3. The van der Waals surface area contributed by atoms with E-state index in [0.717, 1.165) is 12.1 Å². The summed E-state index contributed by atoms with van der Waals surface area (Å²) in [5, 5.41) is 3.10. The predicted molar refractivity (Wildman–Crippen MR) is 68.0 cm³/mol. The van der Waals surface area contributed by atoms with Crippen molar-refractivity contribution in [2.45, 2.75) is 13.5 Å². The van der Waals surface area contributed by atoms with Crippen LogP contribution in [-0.2, 0) is 11.3 Å². The minimum absolute atomic E-state index is 0.0862. The van der Waals surface area contributed by atoms with Crippen molar-refractivity contribution in [1.82, 2.24) is 10.2 Å². The van der Waals surface area contributed by atoms with Gasteiger partial charge in [-0.25, -0.2) is 4.39 Å². The molecule has 1 rings (SSSR count). The lowest BCUT2D eigenvalue weighted by Crippen LogP contribution is -2.27. The molecule has 0 spiro atoms. The third-order valence-electron chi connectivity index (χ3n) is 2.37. The van der Waals surface area contributed by atoms with Crippen molar-refractivity contribution in [2.24, 2.45) is 0 Å². The fourth-order valence-electron chi connectivity index (χ4n) is 1.35. The third kappa shape index (κ3) is 4.71. The number of hydrogen-bond donors (Lipinski definition) is 1. The number of ether oxygens (including phenoxy) is 1. The zero-order chi connectivity index (χ0) is 13.5. The quantitative estimate of drug-likeness (QED) is 0.834. The summed E-state index contributed by atoms with van der Waals surface area (Å²) in [5.41, 5.74) is 0.796. The summed E-state index contributed by atoms with van der Waals surface area (Å²) in [7, 11) is 3.29. The summed E-state index contributed by atoms with van der Waals surface area (Å²) in [5.74, 6) is -0.150. The summed E-state index contributed by atoms with van der Waals surface area (Å²) < 4.78 is 18.6. The Hall–Kier alpha value is -1.62. The Kier molecular flexibility index (Phi) is 5.58. The smallest absolute Gasteiger partial charge is 0.259 e. The summed E-state index contributed by atoms with van der Waals surface area (Å²) in [6.07, 6.45) is 0. The Labute approximate surface area is 107 Å². The van der Waals surface area contributed by atoms with Crippen molar-refractivity contribution in [2.75, 3.05) is 27.2 Å². The van der Waals surface area contributed by atoms with Crippen LogP contribution in [0.4, 0.5) is 4.39 Å². The molecule has 0 aromatic heterocycles. The van der Waals surface area contributed by atoms with E-state index in [9.17, 15) is 9.18 Å². The van der Waals surface area contributed by atoms with Gasteiger partial charge in [-0.3, -0.25) is 4.79 Å². The van der Waals surface area contributed by atoms with Crippen LogP contribution >= 0.6 is 0 Å². The Bertz CT molecular complexity index is 408. The number of likely N-dealkylation sites (N-methyl/N-ethyl adjacent to an activating group) is 1. The highest BCUT2D eigenvalue weighted by molar-refractivity contribution is 5.77. The molecule has 0 radical (unpaired) electrons. The molecule has 0 heterocycles. The number of carbonyl (C=O) groups excluding carboxylic acids is 1. The summed E-state index contributed by atoms with van der Waals surface area (Å²) >= 11 is 0. The van der Waals surface area contributed by atoms with Gasteiger partial charge < -0.3 is 15.0 Å². The number of halogens is 1. The van der Waals surface area contributed by atoms with E-state index in [-0.39, 0.29) is 18.3 Å². The molecule has 0 atom stereocenters. The van der Waals surface area contributed by atoms with E-state index in [1.807, 2.05) is 6.92 Å². The molecule has 100 valence electrons. The summed E-state index contributed by atoms with van der Waals surface area (Å²) in [4.78, 5) is 12.8. The number of benzene rings is 1. The number of rotatable bonds is 6. The van der Waals surface area contributed by atoms with Crippen molar-refractivity contribution in [3.63, 3.8) is 0 Å². The molecule has 1 aromatic rings. The van der Waals surface area contributed by atoms with Crippen LogP contribution in [0, 0.1) is 5.82 Å². The second kappa shape index (κ2) is 6.96. The van der Waals surface area contributed by atoms with Gasteiger partial charge in [0.05, 0.1) is 0 Å². The van der Waals surface area contributed by atoms with E-state index >= 15 is 0 Å². The van der Waals surface area contributed by atoms with Crippen LogP contribution in [0.25, 0.3) is 0 Å². The van der Waals surface area contributed by atoms with Gasteiger partial charge in [0.25, 0.3) is 5.91 Å². The first-order valence-corrected chi connectivity index (χ1v) is 5.86. The van der Waals surface area contributed by atoms with Crippen molar-refractivity contribution < 1.29 is 13.9 Å². The summed E-state index contributed by atoms with van der Waals surface area (Å²) in [6.45, 7) is 3.28. The molecule has 1 aromatic carbocycles. The Morgan fingerprint density at radius 2 is 2.11 bits per heavy atom. The predicted octanol–water partition coefficient (Wildman–Crippen LogP) is 1.40. The van der Waals surface area contributed by atoms with Gasteiger partial charge in [-0.15, -0.1) is 0 Å². The van der Waals surface area contributed by atoms with Gasteiger partial charge in [0.15, 0.2) is 6.61 Å². The molecule has 0 saturated heterocycles. The Morgan fingerprint density at radius 3 is 2.72 bits per heavy atom. The van der Waals surface area contributed by atoms with Crippen molar-refractivity contribution in [3.05, 3.63) is 29.6 Å². The fraction of sp³-hybridized carbons (Fsp3) is 0.462. The van der Waals surface area contributed by atoms with E-state index < -0.39 is 0 Å². The van der Waals surface area contributed by atoms with Crippen LogP contribution in [0.2, 0.25) is 0 Å². The molecule has 0 fully saturated rings. The topological polar surface area (TPSA) is 41.6 Å². The first-order chi connectivity index (χ1) is 8.52. The first kappa shape index (κ1) is 14.4. The van der Waals surface area contributed by atoms with Crippen molar-refractivity contribution in [3.8, 4) is 5.75 Å². The lowest BCUT2D eigenvalue weighted by molar-refractivity contribution is -0.130. The van der Waals surface area contributed by atoms with E-state index in [1.54, 1.807) is 20.2 Å². The van der Waals surface area contributed by atoms with Gasteiger partial charge in [-0.05, 0) is 24.2 Å². The van der Waals surface area contributed by atoms with Gasteiger partial charge in [0, 0.05) is 26.7 Å². The SMILES string of the molecule is CCNCc1cc(F)cc(OCC(=O)N(C)C)c1. The van der Waals surface area contributed by atoms with E-state index in [2.05, 4.69) is 5.32 Å². The van der Waals surface area contributed by atoms with E-state index in [1.165, 1.54) is 17.0 Å². The van der Waals surface area contributed by atoms with Gasteiger partial charge in [-0.1, -0.05) is 6.92 Å². The highest BCUT2D eigenvalue weighted by Crippen LogP contribution is 2.16. The molecule has 18 heavy (non-hydrogen) atoms. The molecule has 0 bridgehead atoms. The molecule has 5 heteroatoms. The molecule has 0 aliphatic carbocycles. The maximum Gasteiger partial charge on any atom is 0.259 e. The highest BCUT2D eigenvalue weighted by Gasteiger charge is 2.07. The number of nitrogens with zero attached hydrogens (tertiary/aromatic N) is 1. The Balaban J connectivity index is 2.65. The third-order valence-corrected chi connectivity index (χ3v) is 2.37.